The van der Waals surface area contributed by atoms with Crippen molar-refractivity contribution in [2.45, 2.75) is 31.7 Å². The van der Waals surface area contributed by atoms with Crippen LogP contribution in [0.3, 0.4) is 0 Å². The maximum Gasteiger partial charge on any atom is 0.228 e. The Morgan fingerprint density at radius 3 is 2.54 bits per heavy atom. The number of thioether (sulfide) groups is 1. The number of rotatable bonds is 8. The van der Waals surface area contributed by atoms with Gasteiger partial charge in [-0.3, -0.25) is 9.69 Å². The molecule has 28 heavy (non-hydrogen) atoms. The van der Waals surface area contributed by atoms with Gasteiger partial charge < -0.3 is 5.32 Å². The fourth-order valence-corrected chi connectivity index (χ4v) is 4.69. The van der Waals surface area contributed by atoms with Gasteiger partial charge in [-0.1, -0.05) is 67.1 Å². The predicted molar refractivity (Wildman–Crippen MR) is 120 cm³/mol. The fourth-order valence-electron chi connectivity index (χ4n) is 4.01. The zero-order valence-corrected chi connectivity index (χ0v) is 17.7. The largest absolute Gasteiger partial charge is 0.355 e. The van der Waals surface area contributed by atoms with Gasteiger partial charge in [-0.25, -0.2) is 0 Å². The molecule has 0 bridgehead atoms. The summed E-state index contributed by atoms with van der Waals surface area (Å²) in [7, 11) is 0. The van der Waals surface area contributed by atoms with Crippen LogP contribution in [0.2, 0.25) is 0 Å². The van der Waals surface area contributed by atoms with Crippen LogP contribution in [0.5, 0.6) is 0 Å². The number of likely N-dealkylation sites (tertiary alicyclic amines) is 1. The monoisotopic (exact) mass is 396 g/mol. The molecule has 0 saturated carbocycles. The van der Waals surface area contributed by atoms with Crippen LogP contribution in [-0.2, 0) is 11.3 Å². The Kier molecular flexibility index (Phi) is 8.43. The third-order valence-electron chi connectivity index (χ3n) is 5.52. The first-order chi connectivity index (χ1) is 13.8. The topological polar surface area (TPSA) is 32.3 Å². The van der Waals surface area contributed by atoms with E-state index < -0.39 is 0 Å². The number of hydrogen-bond acceptors (Lipinski definition) is 3. The minimum Gasteiger partial charge on any atom is -0.355 e. The van der Waals surface area contributed by atoms with Gasteiger partial charge in [0.25, 0.3) is 0 Å². The summed E-state index contributed by atoms with van der Waals surface area (Å²) in [5, 5.41) is 3.27. The summed E-state index contributed by atoms with van der Waals surface area (Å²) in [6, 6.07) is 20.9. The molecular formula is C24H32N2OS. The van der Waals surface area contributed by atoms with Crippen LogP contribution < -0.4 is 5.32 Å². The zero-order chi connectivity index (χ0) is 19.6. The molecule has 1 heterocycles. The maximum absolute atomic E-state index is 12.9. The standard InChI is InChI=1S/C24H32N2OS/c1-28-19-23(22-13-6-3-7-14-22)24(27)25-16-21-12-8-9-15-26(18-21)17-20-10-4-2-5-11-20/h2-7,10-11,13-14,21,23H,8-9,12,15-19H2,1H3,(H,25,27). The Morgan fingerprint density at radius 2 is 1.82 bits per heavy atom. The number of benzene rings is 2. The lowest BCUT2D eigenvalue weighted by Gasteiger charge is -2.25. The number of carbonyl (C=O) groups excluding carboxylic acids is 1. The average molecular weight is 397 g/mol. The molecule has 0 radical (unpaired) electrons. The highest BCUT2D eigenvalue weighted by atomic mass is 32.2. The van der Waals surface area contributed by atoms with Gasteiger partial charge in [0.15, 0.2) is 0 Å². The second-order valence-electron chi connectivity index (χ2n) is 7.75. The second-order valence-corrected chi connectivity index (χ2v) is 8.66. The number of amides is 1. The first kappa shape index (κ1) is 20.9. The van der Waals surface area contributed by atoms with Crippen LogP contribution >= 0.6 is 11.8 Å². The zero-order valence-electron chi connectivity index (χ0n) is 16.8. The van der Waals surface area contributed by atoms with Crippen molar-refractivity contribution >= 4 is 17.7 Å². The fraction of sp³-hybridized carbons (Fsp3) is 0.458. The molecule has 3 nitrogen and oxygen atoms in total. The lowest BCUT2D eigenvalue weighted by atomic mass is 9.99. The molecule has 4 heteroatoms. The SMILES string of the molecule is CSCC(C(=O)NCC1CCCCN(Cc2ccccc2)C1)c1ccccc1. The lowest BCUT2D eigenvalue weighted by Crippen LogP contribution is -2.38. The molecule has 150 valence electrons. The van der Waals surface area contributed by atoms with Crippen molar-refractivity contribution in [1.29, 1.82) is 0 Å². The highest BCUT2D eigenvalue weighted by molar-refractivity contribution is 7.98. The van der Waals surface area contributed by atoms with E-state index in [9.17, 15) is 4.79 Å². The lowest BCUT2D eigenvalue weighted by molar-refractivity contribution is -0.122. The van der Waals surface area contributed by atoms with Crippen LogP contribution in [0.15, 0.2) is 60.7 Å². The van der Waals surface area contributed by atoms with Crippen LogP contribution in [0.25, 0.3) is 0 Å². The summed E-state index contributed by atoms with van der Waals surface area (Å²) in [5.74, 6) is 1.45. The van der Waals surface area contributed by atoms with E-state index in [1.807, 2.05) is 18.2 Å². The molecule has 1 fully saturated rings. The molecule has 2 unspecified atom stereocenters. The molecule has 1 saturated heterocycles. The third kappa shape index (κ3) is 6.39. The van der Waals surface area contributed by atoms with E-state index in [0.717, 1.165) is 37.5 Å². The smallest absolute Gasteiger partial charge is 0.228 e. The number of nitrogens with one attached hydrogen (secondary N) is 1. The van der Waals surface area contributed by atoms with E-state index in [4.69, 9.17) is 0 Å². The molecule has 1 aliphatic rings. The summed E-state index contributed by atoms with van der Waals surface area (Å²) in [5.41, 5.74) is 2.48. The highest BCUT2D eigenvalue weighted by Crippen LogP contribution is 2.21. The Hall–Kier alpha value is -1.78. The number of nitrogens with zero attached hydrogens (tertiary/aromatic N) is 1. The summed E-state index contributed by atoms with van der Waals surface area (Å²) in [6.45, 7) is 4.00. The van der Waals surface area contributed by atoms with E-state index in [2.05, 4.69) is 58.9 Å². The number of hydrogen-bond donors (Lipinski definition) is 1. The van der Waals surface area contributed by atoms with E-state index in [0.29, 0.717) is 5.92 Å². The Bertz CT molecular complexity index is 707. The average Bonchev–Trinajstić information content (AvgIpc) is 2.96. The Balaban J connectivity index is 1.55. The minimum atomic E-state index is -0.0672. The van der Waals surface area contributed by atoms with Gasteiger partial charge in [0.1, 0.15) is 0 Å². The van der Waals surface area contributed by atoms with Crippen molar-refractivity contribution in [3.8, 4) is 0 Å². The van der Waals surface area contributed by atoms with Crippen molar-refractivity contribution in [1.82, 2.24) is 10.2 Å². The quantitative estimate of drug-likeness (QED) is 0.710. The van der Waals surface area contributed by atoms with Crippen molar-refractivity contribution in [2.75, 3.05) is 31.6 Å². The Labute approximate surface area is 173 Å². The molecule has 1 aliphatic heterocycles. The van der Waals surface area contributed by atoms with Crippen LogP contribution in [0.1, 0.15) is 36.3 Å². The van der Waals surface area contributed by atoms with Gasteiger partial charge >= 0.3 is 0 Å². The van der Waals surface area contributed by atoms with Crippen molar-refractivity contribution in [3.05, 3.63) is 71.8 Å². The van der Waals surface area contributed by atoms with Crippen LogP contribution in [0.4, 0.5) is 0 Å². The van der Waals surface area contributed by atoms with Gasteiger partial charge in [-0.2, -0.15) is 11.8 Å². The number of carbonyl (C=O) groups is 1. The molecule has 3 rings (SSSR count). The third-order valence-corrected chi connectivity index (χ3v) is 6.19. The molecule has 1 N–H and O–H groups in total. The summed E-state index contributed by atoms with van der Waals surface area (Å²) in [4.78, 5) is 15.4. The first-order valence-electron chi connectivity index (χ1n) is 10.3. The molecule has 1 amide bonds. The van der Waals surface area contributed by atoms with E-state index in [-0.39, 0.29) is 11.8 Å². The molecular weight excluding hydrogens is 364 g/mol. The summed E-state index contributed by atoms with van der Waals surface area (Å²) >= 11 is 1.73. The van der Waals surface area contributed by atoms with E-state index >= 15 is 0 Å². The van der Waals surface area contributed by atoms with Gasteiger partial charge in [0.05, 0.1) is 5.92 Å². The predicted octanol–water partition coefficient (Wildman–Crippen LogP) is 4.55. The molecule has 0 aliphatic carbocycles. The summed E-state index contributed by atoms with van der Waals surface area (Å²) in [6.07, 6.45) is 5.76. The van der Waals surface area contributed by atoms with Crippen molar-refractivity contribution < 1.29 is 4.79 Å². The second kappa shape index (κ2) is 11.3. The highest BCUT2D eigenvalue weighted by Gasteiger charge is 2.23. The van der Waals surface area contributed by atoms with Gasteiger partial charge in [0.2, 0.25) is 5.91 Å². The van der Waals surface area contributed by atoms with Crippen LogP contribution in [0, 0.1) is 5.92 Å². The maximum atomic E-state index is 12.9. The van der Waals surface area contributed by atoms with Gasteiger partial charge in [0, 0.05) is 25.4 Å². The molecule has 0 aromatic heterocycles. The molecule has 2 atom stereocenters. The van der Waals surface area contributed by atoms with Gasteiger partial charge in [-0.15, -0.1) is 0 Å². The molecule has 2 aromatic rings. The van der Waals surface area contributed by atoms with Crippen molar-refractivity contribution in [2.24, 2.45) is 5.92 Å². The van der Waals surface area contributed by atoms with Gasteiger partial charge in [-0.05, 0) is 42.7 Å². The molecule has 0 spiro atoms. The normalized spacial score (nSPS) is 19.0. The van der Waals surface area contributed by atoms with E-state index in [1.54, 1.807) is 11.8 Å². The summed E-state index contributed by atoms with van der Waals surface area (Å²) < 4.78 is 0. The van der Waals surface area contributed by atoms with Crippen molar-refractivity contribution in [3.63, 3.8) is 0 Å². The Morgan fingerprint density at radius 1 is 1.11 bits per heavy atom. The van der Waals surface area contributed by atoms with E-state index in [1.165, 1.54) is 24.8 Å². The minimum absolute atomic E-state index is 0.0672. The molecule has 2 aromatic carbocycles. The first-order valence-corrected chi connectivity index (χ1v) is 11.7. The van der Waals surface area contributed by atoms with Crippen LogP contribution in [-0.4, -0.2) is 42.4 Å².